The Kier molecular flexibility index (Phi) is 19.0. The lowest BCUT2D eigenvalue weighted by Gasteiger charge is -2.00. The summed E-state index contributed by atoms with van der Waals surface area (Å²) in [6, 6.07) is 0. The summed E-state index contributed by atoms with van der Waals surface area (Å²) < 4.78 is 0. The Morgan fingerprint density at radius 1 is 0.733 bits per heavy atom. The number of hydrogen-bond donors (Lipinski definition) is 1. The van der Waals surface area contributed by atoms with E-state index in [1.165, 1.54) is 51.4 Å². The topological polar surface area (TPSA) is 20.2 Å². The van der Waals surface area contributed by atoms with Crippen LogP contribution in [0.1, 0.15) is 85.5 Å². The molecule has 0 amide bonds. The van der Waals surface area contributed by atoms with Gasteiger partial charge in [0.05, 0.1) is 6.10 Å². The third-order valence-corrected chi connectivity index (χ3v) is 2.43. The number of hydrogen-bond acceptors (Lipinski definition) is 1. The highest BCUT2D eigenvalue weighted by atomic mass is 16.3. The number of aliphatic hydroxyl groups is 1. The standard InChI is InChI=1S/C7H16O.C7H16/c1-3-4-5-6-7(2)8;1-3-5-7-6-4-2/h7-8H,3-6H2,1-2H3;3-7H2,1-2H3. The fraction of sp³-hybridized carbons (Fsp3) is 1.00. The van der Waals surface area contributed by atoms with E-state index >= 15 is 0 Å². The second-order valence-electron chi connectivity index (χ2n) is 4.41. The van der Waals surface area contributed by atoms with Gasteiger partial charge >= 0.3 is 0 Å². The maximum absolute atomic E-state index is 8.78. The predicted molar refractivity (Wildman–Crippen MR) is 70.3 cm³/mol. The van der Waals surface area contributed by atoms with Crippen molar-refractivity contribution < 1.29 is 5.11 Å². The second kappa shape index (κ2) is 16.4. The minimum atomic E-state index is -0.0958. The molecule has 1 unspecified atom stereocenters. The monoisotopic (exact) mass is 216 g/mol. The van der Waals surface area contributed by atoms with Crippen LogP contribution in [0.2, 0.25) is 0 Å². The van der Waals surface area contributed by atoms with Gasteiger partial charge in [-0.15, -0.1) is 0 Å². The van der Waals surface area contributed by atoms with E-state index in [1.54, 1.807) is 0 Å². The predicted octanol–water partition coefficient (Wildman–Crippen LogP) is 4.92. The van der Waals surface area contributed by atoms with Gasteiger partial charge in [-0.1, -0.05) is 72.1 Å². The largest absolute Gasteiger partial charge is 0.393 e. The average molecular weight is 216 g/mol. The van der Waals surface area contributed by atoms with E-state index in [2.05, 4.69) is 20.8 Å². The van der Waals surface area contributed by atoms with Gasteiger partial charge in [0, 0.05) is 0 Å². The van der Waals surface area contributed by atoms with Crippen molar-refractivity contribution in [2.24, 2.45) is 0 Å². The van der Waals surface area contributed by atoms with Gasteiger partial charge in [-0.2, -0.15) is 0 Å². The molecule has 0 aliphatic rings. The summed E-state index contributed by atoms with van der Waals surface area (Å²) in [4.78, 5) is 0. The van der Waals surface area contributed by atoms with E-state index in [9.17, 15) is 0 Å². The number of aliphatic hydroxyl groups excluding tert-OH is 1. The summed E-state index contributed by atoms with van der Waals surface area (Å²) in [7, 11) is 0. The van der Waals surface area contributed by atoms with Gasteiger partial charge in [0.2, 0.25) is 0 Å². The van der Waals surface area contributed by atoms with E-state index < -0.39 is 0 Å². The van der Waals surface area contributed by atoms with Crippen molar-refractivity contribution >= 4 is 0 Å². The summed E-state index contributed by atoms with van der Waals surface area (Å²) in [5, 5.41) is 8.78. The van der Waals surface area contributed by atoms with Crippen LogP contribution >= 0.6 is 0 Å². The van der Waals surface area contributed by atoms with Crippen molar-refractivity contribution in [1.29, 1.82) is 0 Å². The molecular weight excluding hydrogens is 184 g/mol. The zero-order valence-electron chi connectivity index (χ0n) is 11.4. The van der Waals surface area contributed by atoms with Crippen molar-refractivity contribution in [1.82, 2.24) is 0 Å². The molecule has 94 valence electrons. The maximum Gasteiger partial charge on any atom is 0.0512 e. The van der Waals surface area contributed by atoms with E-state index in [0.29, 0.717) is 0 Å². The van der Waals surface area contributed by atoms with E-state index in [1.807, 2.05) is 6.92 Å². The fourth-order valence-corrected chi connectivity index (χ4v) is 1.37. The molecule has 0 bridgehead atoms. The molecule has 0 aromatic rings. The van der Waals surface area contributed by atoms with Gasteiger partial charge in [-0.25, -0.2) is 0 Å². The minimum Gasteiger partial charge on any atom is -0.393 e. The molecular formula is C14H32O. The van der Waals surface area contributed by atoms with Gasteiger partial charge in [0.15, 0.2) is 0 Å². The molecule has 0 aromatic heterocycles. The third-order valence-electron chi connectivity index (χ3n) is 2.43. The normalized spacial score (nSPS) is 11.8. The third kappa shape index (κ3) is 24.9. The van der Waals surface area contributed by atoms with Crippen molar-refractivity contribution in [3.63, 3.8) is 0 Å². The first-order valence-electron chi connectivity index (χ1n) is 6.87. The van der Waals surface area contributed by atoms with Crippen LogP contribution in [0.15, 0.2) is 0 Å². The Bertz CT molecular complexity index is 85.3. The van der Waals surface area contributed by atoms with Gasteiger partial charge < -0.3 is 5.11 Å². The summed E-state index contributed by atoms with van der Waals surface area (Å²) in [5.41, 5.74) is 0. The molecule has 0 saturated carbocycles. The van der Waals surface area contributed by atoms with Crippen molar-refractivity contribution in [3.05, 3.63) is 0 Å². The van der Waals surface area contributed by atoms with Crippen molar-refractivity contribution in [2.75, 3.05) is 0 Å². The number of unbranched alkanes of at least 4 members (excludes halogenated alkanes) is 6. The first-order valence-corrected chi connectivity index (χ1v) is 6.87. The van der Waals surface area contributed by atoms with Crippen LogP contribution < -0.4 is 0 Å². The van der Waals surface area contributed by atoms with Gasteiger partial charge in [-0.05, 0) is 13.3 Å². The van der Waals surface area contributed by atoms with Crippen molar-refractivity contribution in [3.8, 4) is 0 Å². The molecule has 1 heteroatoms. The Balaban J connectivity index is 0. The highest BCUT2D eigenvalue weighted by molar-refractivity contribution is 4.45. The summed E-state index contributed by atoms with van der Waals surface area (Å²) in [5.74, 6) is 0. The molecule has 0 aliphatic carbocycles. The lowest BCUT2D eigenvalue weighted by Crippen LogP contribution is -1.97. The summed E-state index contributed by atoms with van der Waals surface area (Å²) >= 11 is 0. The first kappa shape index (κ1) is 17.4. The molecule has 0 spiro atoms. The van der Waals surface area contributed by atoms with Crippen molar-refractivity contribution in [2.45, 2.75) is 91.6 Å². The van der Waals surface area contributed by atoms with E-state index in [4.69, 9.17) is 5.11 Å². The van der Waals surface area contributed by atoms with E-state index in [-0.39, 0.29) is 6.10 Å². The molecule has 0 fully saturated rings. The Labute approximate surface area is 97.3 Å². The Hall–Kier alpha value is -0.0400. The molecule has 0 saturated heterocycles. The molecule has 0 radical (unpaired) electrons. The molecule has 15 heavy (non-hydrogen) atoms. The lowest BCUT2D eigenvalue weighted by molar-refractivity contribution is 0.180. The summed E-state index contributed by atoms with van der Waals surface area (Å²) in [6.45, 7) is 8.50. The molecule has 1 N–H and O–H groups in total. The second-order valence-corrected chi connectivity index (χ2v) is 4.41. The van der Waals surface area contributed by atoms with Gasteiger partial charge in [0.1, 0.15) is 0 Å². The molecule has 0 aromatic carbocycles. The number of rotatable bonds is 8. The van der Waals surface area contributed by atoms with Crippen LogP contribution in [0.3, 0.4) is 0 Å². The van der Waals surface area contributed by atoms with E-state index in [0.717, 1.165) is 6.42 Å². The SMILES string of the molecule is CCCCCC(C)O.CCCCCCC. The van der Waals surface area contributed by atoms with Crippen LogP contribution in [0.4, 0.5) is 0 Å². The van der Waals surface area contributed by atoms with Gasteiger partial charge in [-0.3, -0.25) is 0 Å². The van der Waals surface area contributed by atoms with Crippen LogP contribution in [0, 0.1) is 0 Å². The Morgan fingerprint density at radius 2 is 1.13 bits per heavy atom. The smallest absolute Gasteiger partial charge is 0.0512 e. The molecule has 1 atom stereocenters. The fourth-order valence-electron chi connectivity index (χ4n) is 1.37. The lowest BCUT2D eigenvalue weighted by atomic mass is 10.1. The van der Waals surface area contributed by atoms with Gasteiger partial charge in [0.25, 0.3) is 0 Å². The van der Waals surface area contributed by atoms with Crippen LogP contribution in [0.5, 0.6) is 0 Å². The molecule has 0 rings (SSSR count). The zero-order chi connectivity index (χ0) is 11.9. The zero-order valence-corrected chi connectivity index (χ0v) is 11.4. The average Bonchev–Trinajstić information content (AvgIpc) is 2.20. The summed E-state index contributed by atoms with van der Waals surface area (Å²) in [6.07, 6.45) is 11.6. The molecule has 0 heterocycles. The van der Waals surface area contributed by atoms with Crippen LogP contribution in [-0.4, -0.2) is 11.2 Å². The maximum atomic E-state index is 8.78. The molecule has 1 nitrogen and oxygen atoms in total. The highest BCUT2D eigenvalue weighted by Crippen LogP contribution is 2.01. The Morgan fingerprint density at radius 3 is 1.47 bits per heavy atom. The van der Waals surface area contributed by atoms with Crippen LogP contribution in [-0.2, 0) is 0 Å². The first-order chi connectivity index (χ1) is 7.18. The molecule has 0 aliphatic heterocycles. The minimum absolute atomic E-state index is 0.0958. The van der Waals surface area contributed by atoms with Crippen LogP contribution in [0.25, 0.3) is 0 Å². The quantitative estimate of drug-likeness (QED) is 0.571. The highest BCUT2D eigenvalue weighted by Gasteiger charge is 1.92.